The fourth-order valence-electron chi connectivity index (χ4n) is 2.29. The minimum absolute atomic E-state index is 0.898. The molecular weight excluding hydrogens is 272 g/mol. The average molecular weight is 292 g/mol. The molecule has 4 nitrogen and oxygen atoms in total. The van der Waals surface area contributed by atoms with Gasteiger partial charge in [0, 0.05) is 0 Å². The van der Waals surface area contributed by atoms with Crippen LogP contribution in [0.5, 0.6) is 0 Å². The first-order chi connectivity index (χ1) is 10.9. The summed E-state index contributed by atoms with van der Waals surface area (Å²) in [6, 6.07) is 20.4. The Labute approximate surface area is 131 Å². The third-order valence-electron chi connectivity index (χ3n) is 3.57. The SMILES string of the molecule is C(=N\N1CCN(/N=C/c2ccccc2)CC1)/c1ccccc1. The summed E-state index contributed by atoms with van der Waals surface area (Å²) < 4.78 is 0. The summed E-state index contributed by atoms with van der Waals surface area (Å²) in [5.74, 6) is 0. The van der Waals surface area contributed by atoms with Gasteiger partial charge in [-0.05, 0) is 11.1 Å². The van der Waals surface area contributed by atoms with Crippen molar-refractivity contribution in [2.24, 2.45) is 10.2 Å². The van der Waals surface area contributed by atoms with Gasteiger partial charge < -0.3 is 0 Å². The van der Waals surface area contributed by atoms with Crippen molar-refractivity contribution in [2.75, 3.05) is 26.2 Å². The van der Waals surface area contributed by atoms with Gasteiger partial charge in [-0.3, -0.25) is 10.0 Å². The van der Waals surface area contributed by atoms with Gasteiger partial charge in [0.15, 0.2) is 0 Å². The van der Waals surface area contributed by atoms with Crippen LogP contribution in [0.3, 0.4) is 0 Å². The van der Waals surface area contributed by atoms with Crippen molar-refractivity contribution in [1.29, 1.82) is 0 Å². The number of piperazine rings is 1. The Hall–Kier alpha value is -2.62. The highest BCUT2D eigenvalue weighted by Gasteiger charge is 2.12. The molecule has 1 aliphatic rings. The van der Waals surface area contributed by atoms with Crippen molar-refractivity contribution in [3.63, 3.8) is 0 Å². The van der Waals surface area contributed by atoms with Gasteiger partial charge in [0.1, 0.15) is 0 Å². The first kappa shape index (κ1) is 14.3. The maximum atomic E-state index is 4.54. The molecule has 0 bridgehead atoms. The van der Waals surface area contributed by atoms with Gasteiger partial charge in [-0.15, -0.1) is 0 Å². The zero-order chi connectivity index (χ0) is 15.0. The van der Waals surface area contributed by atoms with E-state index in [9.17, 15) is 0 Å². The molecule has 2 aromatic rings. The molecule has 0 aliphatic carbocycles. The van der Waals surface area contributed by atoms with Gasteiger partial charge in [0.2, 0.25) is 0 Å². The molecule has 0 N–H and O–H groups in total. The molecule has 0 radical (unpaired) electrons. The molecule has 0 spiro atoms. The lowest BCUT2D eigenvalue weighted by molar-refractivity contribution is 0.141. The molecule has 0 atom stereocenters. The average Bonchev–Trinajstić information content (AvgIpc) is 2.61. The van der Waals surface area contributed by atoms with Crippen molar-refractivity contribution < 1.29 is 0 Å². The van der Waals surface area contributed by atoms with Gasteiger partial charge in [0.05, 0.1) is 38.6 Å². The Morgan fingerprint density at radius 1 is 0.591 bits per heavy atom. The van der Waals surface area contributed by atoms with Crippen molar-refractivity contribution in [3.05, 3.63) is 71.8 Å². The highest BCUT2D eigenvalue weighted by molar-refractivity contribution is 5.79. The zero-order valence-corrected chi connectivity index (χ0v) is 12.5. The van der Waals surface area contributed by atoms with Crippen LogP contribution in [0.25, 0.3) is 0 Å². The molecule has 1 fully saturated rings. The van der Waals surface area contributed by atoms with E-state index in [4.69, 9.17) is 0 Å². The van der Waals surface area contributed by atoms with Crippen LogP contribution < -0.4 is 0 Å². The number of nitrogens with zero attached hydrogens (tertiary/aromatic N) is 4. The first-order valence-corrected chi connectivity index (χ1v) is 7.58. The summed E-state index contributed by atoms with van der Waals surface area (Å²) in [6.45, 7) is 3.59. The van der Waals surface area contributed by atoms with E-state index in [1.807, 2.05) is 48.8 Å². The highest BCUT2D eigenvalue weighted by atomic mass is 15.5. The number of rotatable bonds is 4. The smallest absolute Gasteiger partial charge is 0.0553 e. The van der Waals surface area contributed by atoms with Crippen LogP contribution in [0.4, 0.5) is 0 Å². The van der Waals surface area contributed by atoms with Crippen LogP contribution in [0.2, 0.25) is 0 Å². The van der Waals surface area contributed by atoms with Gasteiger partial charge >= 0.3 is 0 Å². The number of hydrogen-bond donors (Lipinski definition) is 0. The molecule has 22 heavy (non-hydrogen) atoms. The topological polar surface area (TPSA) is 31.2 Å². The fourth-order valence-corrected chi connectivity index (χ4v) is 2.29. The number of benzene rings is 2. The van der Waals surface area contributed by atoms with Crippen molar-refractivity contribution in [1.82, 2.24) is 10.0 Å². The second-order valence-corrected chi connectivity index (χ2v) is 5.22. The maximum absolute atomic E-state index is 4.54. The van der Waals surface area contributed by atoms with Crippen LogP contribution in [0.1, 0.15) is 11.1 Å². The lowest BCUT2D eigenvalue weighted by Crippen LogP contribution is -2.41. The monoisotopic (exact) mass is 292 g/mol. The third kappa shape index (κ3) is 4.19. The van der Waals surface area contributed by atoms with Crippen LogP contribution in [-0.2, 0) is 0 Å². The fraction of sp³-hybridized carbons (Fsp3) is 0.222. The minimum atomic E-state index is 0.898. The molecule has 3 rings (SSSR count). The molecular formula is C18H20N4. The van der Waals surface area contributed by atoms with E-state index in [1.165, 1.54) is 0 Å². The van der Waals surface area contributed by atoms with Crippen molar-refractivity contribution in [3.8, 4) is 0 Å². The summed E-state index contributed by atoms with van der Waals surface area (Å²) in [5, 5.41) is 13.3. The third-order valence-corrected chi connectivity index (χ3v) is 3.57. The van der Waals surface area contributed by atoms with E-state index < -0.39 is 0 Å². The van der Waals surface area contributed by atoms with Crippen molar-refractivity contribution >= 4 is 12.4 Å². The van der Waals surface area contributed by atoms with E-state index in [1.54, 1.807) is 0 Å². The molecule has 2 aromatic carbocycles. The molecule has 0 saturated carbocycles. The van der Waals surface area contributed by atoms with E-state index in [0.717, 1.165) is 37.3 Å². The second-order valence-electron chi connectivity index (χ2n) is 5.22. The summed E-state index contributed by atoms with van der Waals surface area (Å²) in [7, 11) is 0. The molecule has 0 amide bonds. The summed E-state index contributed by atoms with van der Waals surface area (Å²) in [4.78, 5) is 0. The maximum Gasteiger partial charge on any atom is 0.0553 e. The van der Waals surface area contributed by atoms with E-state index in [2.05, 4.69) is 44.5 Å². The van der Waals surface area contributed by atoms with Crippen LogP contribution in [0.15, 0.2) is 70.9 Å². The Bertz CT molecular complexity index is 557. The summed E-state index contributed by atoms with van der Waals surface area (Å²) in [6.07, 6.45) is 3.84. The summed E-state index contributed by atoms with van der Waals surface area (Å²) >= 11 is 0. The Morgan fingerprint density at radius 3 is 1.32 bits per heavy atom. The van der Waals surface area contributed by atoms with Crippen LogP contribution >= 0.6 is 0 Å². The Balaban J connectivity index is 1.48. The largest absolute Gasteiger partial charge is 0.293 e. The Kier molecular flexibility index (Phi) is 4.82. The molecule has 112 valence electrons. The van der Waals surface area contributed by atoms with Gasteiger partial charge in [0.25, 0.3) is 0 Å². The lowest BCUT2D eigenvalue weighted by atomic mass is 10.2. The normalized spacial score (nSPS) is 15.8. The van der Waals surface area contributed by atoms with Gasteiger partial charge in [-0.2, -0.15) is 10.2 Å². The lowest BCUT2D eigenvalue weighted by Gasteiger charge is -2.31. The van der Waals surface area contributed by atoms with Gasteiger partial charge in [-0.25, -0.2) is 0 Å². The van der Waals surface area contributed by atoms with E-state index in [0.29, 0.717) is 0 Å². The summed E-state index contributed by atoms with van der Waals surface area (Å²) in [5.41, 5.74) is 2.26. The number of hydrazone groups is 2. The Morgan fingerprint density at radius 2 is 0.955 bits per heavy atom. The quantitative estimate of drug-likeness (QED) is 0.811. The predicted octanol–water partition coefficient (Wildman–Crippen LogP) is 2.67. The minimum Gasteiger partial charge on any atom is -0.293 e. The molecule has 1 aliphatic heterocycles. The van der Waals surface area contributed by atoms with Crippen LogP contribution in [-0.4, -0.2) is 48.6 Å². The first-order valence-electron chi connectivity index (χ1n) is 7.58. The number of hydrogen-bond acceptors (Lipinski definition) is 4. The standard InChI is InChI=1S/C18H20N4/c1-3-7-17(8-4-1)15-19-21-11-13-22(14-12-21)20-16-18-9-5-2-6-10-18/h1-10,15-16H,11-14H2/b19-15+,20-16+. The second kappa shape index (κ2) is 7.41. The predicted molar refractivity (Wildman–Crippen MR) is 91.2 cm³/mol. The molecule has 1 heterocycles. The molecule has 0 unspecified atom stereocenters. The zero-order valence-electron chi connectivity index (χ0n) is 12.5. The van der Waals surface area contributed by atoms with Crippen molar-refractivity contribution in [2.45, 2.75) is 0 Å². The highest BCUT2D eigenvalue weighted by Crippen LogP contribution is 2.04. The molecule has 4 heteroatoms. The van der Waals surface area contributed by atoms with Crippen LogP contribution in [0, 0.1) is 0 Å². The van der Waals surface area contributed by atoms with E-state index in [-0.39, 0.29) is 0 Å². The van der Waals surface area contributed by atoms with E-state index >= 15 is 0 Å². The molecule has 0 aromatic heterocycles. The molecule has 1 saturated heterocycles. The van der Waals surface area contributed by atoms with Gasteiger partial charge in [-0.1, -0.05) is 60.7 Å².